The fourth-order valence-corrected chi connectivity index (χ4v) is 6.72. The van der Waals surface area contributed by atoms with Gasteiger partial charge in [-0.25, -0.2) is 4.98 Å². The third-order valence-electron chi connectivity index (χ3n) is 9.31. The number of alkyl halides is 3. The molecule has 0 atom stereocenters. The van der Waals surface area contributed by atoms with Gasteiger partial charge in [0.1, 0.15) is 23.9 Å². The van der Waals surface area contributed by atoms with Crippen LogP contribution in [0, 0.1) is 11.8 Å². The number of halogens is 3. The molecule has 252 valence electrons. The van der Waals surface area contributed by atoms with Gasteiger partial charge in [-0.15, -0.1) is 13.2 Å². The summed E-state index contributed by atoms with van der Waals surface area (Å²) in [6.07, 6.45) is 0.171. The number of fused-ring (bicyclic) bond motifs is 3. The number of aryl methyl sites for hydroxylation is 1. The number of rotatable bonds is 11. The Morgan fingerprint density at radius 3 is 2.38 bits per heavy atom. The Balaban J connectivity index is 1.01. The van der Waals surface area contributed by atoms with Gasteiger partial charge in [0, 0.05) is 50.5 Å². The highest BCUT2D eigenvalue weighted by Gasteiger charge is 2.31. The van der Waals surface area contributed by atoms with E-state index in [1.54, 1.807) is 12.1 Å². The van der Waals surface area contributed by atoms with Gasteiger partial charge in [0.2, 0.25) is 5.95 Å². The first-order chi connectivity index (χ1) is 22.6. The maximum atomic E-state index is 12.4. The predicted octanol–water partition coefficient (Wildman–Crippen LogP) is 5.33. The molecule has 47 heavy (non-hydrogen) atoms. The molecule has 2 aromatic carbocycles. The van der Waals surface area contributed by atoms with Crippen LogP contribution < -0.4 is 20.1 Å². The Morgan fingerprint density at radius 2 is 1.68 bits per heavy atom. The van der Waals surface area contributed by atoms with Crippen LogP contribution in [0.4, 0.5) is 24.9 Å². The van der Waals surface area contributed by atoms with Crippen LogP contribution in [0.25, 0.3) is 11.3 Å². The van der Waals surface area contributed by atoms with Crippen LogP contribution in [0.1, 0.15) is 42.4 Å². The average molecular weight is 656 g/mol. The van der Waals surface area contributed by atoms with Crippen LogP contribution in [0.15, 0.2) is 42.5 Å². The number of anilines is 2. The molecule has 0 unspecified atom stereocenters. The normalized spacial score (nSPS) is 19.9. The number of carbonyl (C=O) groups is 1. The Kier molecular flexibility index (Phi) is 10.0. The van der Waals surface area contributed by atoms with Gasteiger partial charge >= 0.3 is 12.3 Å². The number of nitrogens with zero attached hydrogens (tertiary/aromatic N) is 4. The van der Waals surface area contributed by atoms with E-state index in [0.29, 0.717) is 24.9 Å². The Hall–Kier alpha value is -4.10. The van der Waals surface area contributed by atoms with Gasteiger partial charge in [-0.1, -0.05) is 12.1 Å². The molecule has 0 radical (unpaired) electrons. The summed E-state index contributed by atoms with van der Waals surface area (Å²) in [6.45, 7) is 5.86. The van der Waals surface area contributed by atoms with Gasteiger partial charge in [-0.2, -0.15) is 4.98 Å². The lowest BCUT2D eigenvalue weighted by atomic mass is 9.82. The number of nitrogens with two attached hydrogens (primary N) is 1. The van der Waals surface area contributed by atoms with Crippen molar-refractivity contribution >= 4 is 17.7 Å². The summed E-state index contributed by atoms with van der Waals surface area (Å²) in [5, 5.41) is 9.19. The fraction of sp³-hybridized carbons (Fsp3) is 0.500. The molecule has 3 aromatic rings. The molecule has 1 aliphatic heterocycles. The molecule has 10 nitrogen and oxygen atoms in total. The van der Waals surface area contributed by atoms with E-state index in [0.717, 1.165) is 105 Å². The molecular weight excluding hydrogens is 615 g/mol. The zero-order chi connectivity index (χ0) is 33.0. The van der Waals surface area contributed by atoms with E-state index >= 15 is 0 Å². The highest BCUT2D eigenvalue weighted by atomic mass is 19.4. The van der Waals surface area contributed by atoms with Crippen molar-refractivity contribution in [1.29, 1.82) is 0 Å². The Labute approximate surface area is 271 Å². The van der Waals surface area contributed by atoms with Crippen molar-refractivity contribution in [1.82, 2.24) is 14.9 Å². The van der Waals surface area contributed by atoms with Crippen molar-refractivity contribution in [3.8, 4) is 22.8 Å². The summed E-state index contributed by atoms with van der Waals surface area (Å²) in [7, 11) is 0. The van der Waals surface area contributed by atoms with Crippen molar-refractivity contribution < 1.29 is 37.3 Å². The number of benzene rings is 2. The number of carboxylic acids is 1. The second kappa shape index (κ2) is 14.3. The molecule has 0 spiro atoms. The van der Waals surface area contributed by atoms with E-state index in [-0.39, 0.29) is 24.2 Å². The third-order valence-corrected chi connectivity index (χ3v) is 9.31. The van der Waals surface area contributed by atoms with E-state index in [1.807, 2.05) is 18.2 Å². The van der Waals surface area contributed by atoms with E-state index in [1.165, 1.54) is 12.1 Å². The van der Waals surface area contributed by atoms with Crippen molar-refractivity contribution in [3.05, 3.63) is 59.2 Å². The topological polar surface area (TPSA) is 123 Å². The summed E-state index contributed by atoms with van der Waals surface area (Å²) in [5.74, 6) is 1.11. The molecule has 2 aliphatic carbocycles. The number of hydrogen-bond donors (Lipinski definition) is 2. The van der Waals surface area contributed by atoms with E-state index < -0.39 is 12.3 Å². The maximum Gasteiger partial charge on any atom is 0.573 e. The zero-order valence-corrected chi connectivity index (χ0v) is 26.2. The number of piperazine rings is 1. The van der Waals surface area contributed by atoms with Gasteiger partial charge in [0.15, 0.2) is 0 Å². The fourth-order valence-electron chi connectivity index (χ4n) is 6.72. The molecule has 13 heteroatoms. The quantitative estimate of drug-likeness (QED) is 0.262. The number of ether oxygens (including phenoxy) is 3. The number of carboxylic acid groups (broad SMARTS) is 1. The summed E-state index contributed by atoms with van der Waals surface area (Å²) in [6, 6.07) is 11.5. The SMILES string of the molecule is Nc1nc2c(c(N3CCN(CCOC[C@H]4CC[C@H](C(=O)O)CC4)CC3)n1)CCc1cc(OCc3ccc(OC(F)(F)F)cc3)ccc1-2. The molecule has 1 saturated heterocycles. The molecule has 1 saturated carbocycles. The molecule has 0 bridgehead atoms. The second-order valence-electron chi connectivity index (χ2n) is 12.5. The highest BCUT2D eigenvalue weighted by molar-refractivity contribution is 5.76. The lowest BCUT2D eigenvalue weighted by Gasteiger charge is -2.37. The molecular formula is C34H40F3N5O5. The van der Waals surface area contributed by atoms with Gasteiger partial charge in [-0.3, -0.25) is 9.69 Å². The predicted molar refractivity (Wildman–Crippen MR) is 169 cm³/mol. The van der Waals surface area contributed by atoms with Gasteiger partial charge in [0.25, 0.3) is 0 Å². The van der Waals surface area contributed by atoms with Gasteiger partial charge in [-0.05, 0) is 85.9 Å². The minimum atomic E-state index is -4.73. The van der Waals surface area contributed by atoms with E-state index in [4.69, 9.17) is 15.2 Å². The monoisotopic (exact) mass is 655 g/mol. The number of aromatic nitrogens is 2. The summed E-state index contributed by atoms with van der Waals surface area (Å²) < 4.78 is 53.2. The van der Waals surface area contributed by atoms with Gasteiger partial charge < -0.3 is 30.0 Å². The number of nitrogen functional groups attached to an aromatic ring is 1. The van der Waals surface area contributed by atoms with Crippen molar-refractivity contribution in [3.63, 3.8) is 0 Å². The van der Waals surface area contributed by atoms with E-state index in [2.05, 4.69) is 24.5 Å². The zero-order valence-electron chi connectivity index (χ0n) is 26.2. The minimum Gasteiger partial charge on any atom is -0.489 e. The molecule has 6 rings (SSSR count). The van der Waals surface area contributed by atoms with Crippen LogP contribution in [-0.4, -0.2) is 78.2 Å². The summed E-state index contributed by atoms with van der Waals surface area (Å²) >= 11 is 0. The van der Waals surface area contributed by atoms with Crippen LogP contribution >= 0.6 is 0 Å². The first-order valence-corrected chi connectivity index (χ1v) is 16.2. The molecule has 3 aliphatic rings. The average Bonchev–Trinajstić information content (AvgIpc) is 3.05. The minimum absolute atomic E-state index is 0.194. The van der Waals surface area contributed by atoms with Crippen molar-refractivity contribution in [2.45, 2.75) is 51.5 Å². The Bertz CT molecular complexity index is 1540. The summed E-state index contributed by atoms with van der Waals surface area (Å²) in [4.78, 5) is 25.2. The summed E-state index contributed by atoms with van der Waals surface area (Å²) in [5.41, 5.74) is 11.0. The smallest absolute Gasteiger partial charge is 0.489 e. The maximum absolute atomic E-state index is 12.4. The van der Waals surface area contributed by atoms with Crippen LogP contribution in [0.2, 0.25) is 0 Å². The molecule has 3 N–H and O–H groups in total. The standard InChI is InChI=1S/C34H40F3N5O5/c35-34(36,37)47-26-8-3-23(4-9-26)21-46-27-10-12-28-25(19-27)7-11-29-30(28)39-33(38)40-31(29)42-15-13-41(14-16-42)17-18-45-20-22-1-5-24(6-2-22)32(43)44/h3-4,8-10,12,19,22,24H,1-2,5-7,11,13-18,20-21H2,(H,43,44)(H2,38,39,40)/t22-,24-. The van der Waals surface area contributed by atoms with Crippen LogP contribution in [-0.2, 0) is 29.0 Å². The third kappa shape index (κ3) is 8.44. The number of aliphatic carboxylic acids is 1. The first-order valence-electron chi connectivity index (χ1n) is 16.2. The second-order valence-corrected chi connectivity index (χ2v) is 12.5. The lowest BCUT2D eigenvalue weighted by Crippen LogP contribution is -2.48. The van der Waals surface area contributed by atoms with Crippen LogP contribution in [0.5, 0.6) is 11.5 Å². The van der Waals surface area contributed by atoms with E-state index in [9.17, 15) is 23.1 Å². The van der Waals surface area contributed by atoms with Crippen LogP contribution in [0.3, 0.4) is 0 Å². The highest BCUT2D eigenvalue weighted by Crippen LogP contribution is 2.39. The van der Waals surface area contributed by atoms with Crippen molar-refractivity contribution in [2.75, 3.05) is 56.6 Å². The largest absolute Gasteiger partial charge is 0.573 e. The Morgan fingerprint density at radius 1 is 0.957 bits per heavy atom. The van der Waals surface area contributed by atoms with Gasteiger partial charge in [0.05, 0.1) is 18.2 Å². The molecule has 2 heterocycles. The van der Waals surface area contributed by atoms with Crippen molar-refractivity contribution in [2.24, 2.45) is 11.8 Å². The lowest BCUT2D eigenvalue weighted by molar-refractivity contribution is -0.274. The molecule has 2 fully saturated rings. The number of hydrogen-bond acceptors (Lipinski definition) is 9. The first kappa shape index (κ1) is 32.8. The molecule has 1 aromatic heterocycles. The molecule has 0 amide bonds.